The summed E-state index contributed by atoms with van der Waals surface area (Å²) in [5, 5.41) is 6.73. The number of esters is 1. The Morgan fingerprint density at radius 1 is 1.14 bits per heavy atom. The number of morpholine rings is 1. The van der Waals surface area contributed by atoms with Gasteiger partial charge < -0.3 is 20.1 Å². The van der Waals surface area contributed by atoms with Gasteiger partial charge in [0.2, 0.25) is 0 Å². The van der Waals surface area contributed by atoms with E-state index in [1.54, 1.807) is 0 Å². The number of unbranched alkanes of at least 4 members (excludes halogenated alkanes) is 3. The van der Waals surface area contributed by atoms with Gasteiger partial charge in [-0.15, -0.1) is 0 Å². The van der Waals surface area contributed by atoms with Crippen LogP contribution in [0.2, 0.25) is 0 Å². The average Bonchev–Trinajstić information content (AvgIpc) is 2.64. The maximum Gasteiger partial charge on any atom is 0.306 e. The normalized spacial score (nSPS) is 17.2. The van der Waals surface area contributed by atoms with Crippen LogP contribution in [0.3, 0.4) is 0 Å². The number of ether oxygens (including phenoxy) is 2. The highest BCUT2D eigenvalue weighted by Gasteiger charge is 2.17. The smallest absolute Gasteiger partial charge is 0.306 e. The Labute approximate surface area is 171 Å². The minimum atomic E-state index is -0.387. The van der Waals surface area contributed by atoms with Crippen LogP contribution in [-0.4, -0.2) is 74.4 Å². The van der Waals surface area contributed by atoms with E-state index in [9.17, 15) is 4.79 Å². The van der Waals surface area contributed by atoms with Gasteiger partial charge in [0.05, 0.1) is 19.8 Å². The molecule has 0 aromatic carbocycles. The summed E-state index contributed by atoms with van der Waals surface area (Å²) < 4.78 is 10.7. The quantitative estimate of drug-likeness (QED) is 0.241. The molecule has 0 spiro atoms. The lowest BCUT2D eigenvalue weighted by Crippen LogP contribution is -2.44. The summed E-state index contributed by atoms with van der Waals surface area (Å²) in [6.07, 6.45) is 4.61. The van der Waals surface area contributed by atoms with Gasteiger partial charge in [0.15, 0.2) is 5.96 Å². The molecule has 0 aromatic rings. The van der Waals surface area contributed by atoms with E-state index in [1.165, 1.54) is 0 Å². The van der Waals surface area contributed by atoms with Crippen molar-refractivity contribution in [3.8, 4) is 0 Å². The molecule has 0 aromatic heterocycles. The number of aliphatic imine (C=N–C) groups is 1. The molecule has 1 fully saturated rings. The van der Waals surface area contributed by atoms with E-state index in [-0.39, 0.29) is 11.6 Å². The molecule has 0 saturated carbocycles. The van der Waals surface area contributed by atoms with E-state index >= 15 is 0 Å². The number of carbonyl (C=O) groups is 1. The Morgan fingerprint density at radius 2 is 1.82 bits per heavy atom. The number of hydrogen-bond acceptors (Lipinski definition) is 5. The lowest BCUT2D eigenvalue weighted by Gasteiger charge is -2.31. The standard InChI is InChI=1S/C21H42N4O3/c1-6-22-20(24-17-18(2)25-13-15-27-16-14-25)23-12-10-8-7-9-11-19(26)28-21(3,4)5/h18H,6-17H2,1-5H3,(H2,22,23,24). The zero-order valence-electron chi connectivity index (χ0n) is 18.7. The van der Waals surface area contributed by atoms with E-state index in [2.05, 4.69) is 29.4 Å². The van der Waals surface area contributed by atoms with Crippen LogP contribution >= 0.6 is 0 Å². The second-order valence-electron chi connectivity index (χ2n) is 8.39. The number of rotatable bonds is 11. The first kappa shape index (κ1) is 24.7. The van der Waals surface area contributed by atoms with E-state index < -0.39 is 0 Å². The monoisotopic (exact) mass is 398 g/mol. The Bertz CT molecular complexity index is 457. The highest BCUT2D eigenvalue weighted by Crippen LogP contribution is 2.11. The Kier molecular flexibility index (Phi) is 12.1. The first-order chi connectivity index (χ1) is 13.3. The summed E-state index contributed by atoms with van der Waals surface area (Å²) in [7, 11) is 0. The van der Waals surface area contributed by atoms with Crippen molar-refractivity contribution in [2.75, 3.05) is 45.9 Å². The maximum atomic E-state index is 11.7. The Balaban J connectivity index is 2.16. The minimum Gasteiger partial charge on any atom is -0.460 e. The molecule has 0 radical (unpaired) electrons. The number of nitrogens with zero attached hydrogens (tertiary/aromatic N) is 2. The van der Waals surface area contributed by atoms with Gasteiger partial charge in [0.25, 0.3) is 0 Å². The molecule has 7 nitrogen and oxygen atoms in total. The maximum absolute atomic E-state index is 11.7. The van der Waals surface area contributed by atoms with Crippen LogP contribution < -0.4 is 10.6 Å². The topological polar surface area (TPSA) is 75.2 Å². The van der Waals surface area contributed by atoms with Crippen molar-refractivity contribution >= 4 is 11.9 Å². The minimum absolute atomic E-state index is 0.0958. The van der Waals surface area contributed by atoms with Crippen LogP contribution in [0.15, 0.2) is 4.99 Å². The van der Waals surface area contributed by atoms with E-state index in [4.69, 9.17) is 14.5 Å². The van der Waals surface area contributed by atoms with Crippen molar-refractivity contribution in [3.63, 3.8) is 0 Å². The summed E-state index contributed by atoms with van der Waals surface area (Å²) >= 11 is 0. The largest absolute Gasteiger partial charge is 0.460 e. The van der Waals surface area contributed by atoms with Crippen LogP contribution in [0.25, 0.3) is 0 Å². The van der Waals surface area contributed by atoms with Gasteiger partial charge in [-0.2, -0.15) is 0 Å². The fourth-order valence-electron chi connectivity index (χ4n) is 3.05. The second-order valence-corrected chi connectivity index (χ2v) is 8.39. The molecular weight excluding hydrogens is 356 g/mol. The van der Waals surface area contributed by atoms with E-state index in [0.717, 1.165) is 77.6 Å². The van der Waals surface area contributed by atoms with Crippen LogP contribution in [0.1, 0.15) is 66.7 Å². The van der Waals surface area contributed by atoms with Crippen molar-refractivity contribution in [1.82, 2.24) is 15.5 Å². The lowest BCUT2D eigenvalue weighted by molar-refractivity contribution is -0.154. The highest BCUT2D eigenvalue weighted by molar-refractivity contribution is 5.79. The molecule has 1 heterocycles. The van der Waals surface area contributed by atoms with Crippen LogP contribution in [-0.2, 0) is 14.3 Å². The molecule has 1 aliphatic heterocycles. The molecule has 164 valence electrons. The molecule has 0 bridgehead atoms. The molecule has 1 saturated heterocycles. The van der Waals surface area contributed by atoms with Crippen LogP contribution in [0, 0.1) is 0 Å². The third-order valence-electron chi connectivity index (χ3n) is 4.55. The average molecular weight is 399 g/mol. The first-order valence-electron chi connectivity index (χ1n) is 10.9. The molecule has 1 rings (SSSR count). The molecule has 7 heteroatoms. The molecule has 2 N–H and O–H groups in total. The van der Waals surface area contributed by atoms with E-state index in [1.807, 2.05) is 20.8 Å². The molecule has 0 amide bonds. The van der Waals surface area contributed by atoms with Crippen molar-refractivity contribution < 1.29 is 14.3 Å². The van der Waals surface area contributed by atoms with Gasteiger partial charge in [0, 0.05) is 38.6 Å². The van der Waals surface area contributed by atoms with Gasteiger partial charge >= 0.3 is 5.97 Å². The van der Waals surface area contributed by atoms with Gasteiger partial charge in [-0.3, -0.25) is 14.7 Å². The Hall–Kier alpha value is -1.34. The van der Waals surface area contributed by atoms with Crippen molar-refractivity contribution in [3.05, 3.63) is 0 Å². The van der Waals surface area contributed by atoms with Crippen molar-refractivity contribution in [2.24, 2.45) is 4.99 Å². The third-order valence-corrected chi connectivity index (χ3v) is 4.55. The summed E-state index contributed by atoms with van der Waals surface area (Å²) in [4.78, 5) is 18.8. The zero-order chi connectivity index (χ0) is 20.8. The number of carbonyl (C=O) groups excluding carboxylic acids is 1. The molecule has 0 aliphatic carbocycles. The van der Waals surface area contributed by atoms with Gasteiger partial charge in [-0.05, 0) is 47.5 Å². The predicted octanol–water partition coefficient (Wildman–Crippen LogP) is 2.55. The van der Waals surface area contributed by atoms with Crippen LogP contribution in [0.5, 0.6) is 0 Å². The van der Waals surface area contributed by atoms with Gasteiger partial charge in [0.1, 0.15) is 5.60 Å². The first-order valence-corrected chi connectivity index (χ1v) is 10.9. The molecule has 1 unspecified atom stereocenters. The number of nitrogens with one attached hydrogen (secondary N) is 2. The molecule has 1 aliphatic rings. The fourth-order valence-corrected chi connectivity index (χ4v) is 3.05. The highest BCUT2D eigenvalue weighted by atomic mass is 16.6. The summed E-state index contributed by atoms with van der Waals surface area (Å²) in [6, 6.07) is 0.423. The molecular formula is C21H42N4O3. The molecule has 28 heavy (non-hydrogen) atoms. The molecule has 1 atom stereocenters. The van der Waals surface area contributed by atoms with Gasteiger partial charge in [-0.1, -0.05) is 12.8 Å². The van der Waals surface area contributed by atoms with Crippen LogP contribution in [0.4, 0.5) is 0 Å². The zero-order valence-corrected chi connectivity index (χ0v) is 18.7. The SMILES string of the molecule is CCNC(=NCC(C)N1CCOCC1)NCCCCCCC(=O)OC(C)(C)C. The van der Waals surface area contributed by atoms with Crippen molar-refractivity contribution in [1.29, 1.82) is 0 Å². The van der Waals surface area contributed by atoms with Crippen molar-refractivity contribution in [2.45, 2.75) is 78.4 Å². The summed E-state index contributed by atoms with van der Waals surface area (Å²) in [6.45, 7) is 16.2. The lowest BCUT2D eigenvalue weighted by atomic mass is 10.1. The number of guanidine groups is 1. The Morgan fingerprint density at radius 3 is 2.46 bits per heavy atom. The third kappa shape index (κ3) is 12.2. The second kappa shape index (κ2) is 13.8. The fraction of sp³-hybridized carbons (Fsp3) is 0.905. The summed E-state index contributed by atoms with van der Waals surface area (Å²) in [5.74, 6) is 0.790. The number of hydrogen-bond donors (Lipinski definition) is 2. The van der Waals surface area contributed by atoms with Gasteiger partial charge in [-0.25, -0.2) is 0 Å². The summed E-state index contributed by atoms with van der Waals surface area (Å²) in [5.41, 5.74) is -0.387. The predicted molar refractivity (Wildman–Crippen MR) is 115 cm³/mol. The van der Waals surface area contributed by atoms with E-state index in [0.29, 0.717) is 12.5 Å².